The zero-order chi connectivity index (χ0) is 22.1. The third kappa shape index (κ3) is 4.79. The van der Waals surface area contributed by atoms with Gasteiger partial charge in [0.2, 0.25) is 20.0 Å². The minimum atomic E-state index is -3.84. The van der Waals surface area contributed by atoms with Crippen molar-refractivity contribution in [2.45, 2.75) is 23.6 Å². The van der Waals surface area contributed by atoms with E-state index in [1.54, 1.807) is 54.6 Å². The van der Waals surface area contributed by atoms with Crippen LogP contribution >= 0.6 is 0 Å². The topological polar surface area (TPSA) is 83.6 Å². The fourth-order valence-electron chi connectivity index (χ4n) is 3.58. The van der Waals surface area contributed by atoms with E-state index in [1.807, 2.05) is 0 Å². The number of anilines is 1. The molecule has 0 bridgehead atoms. The molecule has 1 N–H and O–H groups in total. The Morgan fingerprint density at radius 1 is 0.871 bits per heavy atom. The number of halogens is 1. The normalized spacial score (nSPS) is 14.7. The standard InChI is InChI=1S/C22H21FN2O4S2/c23-22-9-5-4-6-18(22)16-30(26,27)24-20-11-10-17-12-13-25(15-19(17)14-20)31(28,29)21-7-2-1-3-8-21/h1-11,14,24H,12-13,15-16H2. The van der Waals surface area contributed by atoms with Gasteiger partial charge in [-0.15, -0.1) is 0 Å². The van der Waals surface area contributed by atoms with Crippen molar-refractivity contribution in [3.63, 3.8) is 0 Å². The van der Waals surface area contributed by atoms with Crippen LogP contribution in [0.4, 0.5) is 10.1 Å². The molecule has 4 rings (SSSR count). The number of hydrogen-bond donors (Lipinski definition) is 1. The molecule has 0 spiro atoms. The first-order valence-corrected chi connectivity index (χ1v) is 12.7. The minimum Gasteiger partial charge on any atom is -0.283 e. The van der Waals surface area contributed by atoms with Crippen molar-refractivity contribution < 1.29 is 21.2 Å². The smallest absolute Gasteiger partial charge is 0.243 e. The summed E-state index contributed by atoms with van der Waals surface area (Å²) in [6, 6.07) is 19.0. The number of benzene rings is 3. The molecular formula is C22H21FN2O4S2. The van der Waals surface area contributed by atoms with Crippen LogP contribution in [0.2, 0.25) is 0 Å². The Kier molecular flexibility index (Phi) is 5.83. The lowest BCUT2D eigenvalue weighted by atomic mass is 10.0. The van der Waals surface area contributed by atoms with Crippen LogP contribution < -0.4 is 4.72 Å². The average molecular weight is 461 g/mol. The predicted molar refractivity (Wildman–Crippen MR) is 117 cm³/mol. The number of fused-ring (bicyclic) bond motifs is 1. The lowest BCUT2D eigenvalue weighted by Crippen LogP contribution is -2.36. The summed E-state index contributed by atoms with van der Waals surface area (Å²) in [6.07, 6.45) is 0.531. The van der Waals surface area contributed by atoms with Gasteiger partial charge in [0.05, 0.1) is 10.6 Å². The Labute approximate surface area is 181 Å². The lowest BCUT2D eigenvalue weighted by Gasteiger charge is -2.28. The SMILES string of the molecule is O=S(=O)(Cc1ccccc1F)Nc1ccc2c(c1)CN(S(=O)(=O)c1ccccc1)CC2. The molecule has 0 aliphatic carbocycles. The number of rotatable bonds is 6. The predicted octanol–water partition coefficient (Wildman–Crippen LogP) is 3.51. The van der Waals surface area contributed by atoms with Gasteiger partial charge in [-0.2, -0.15) is 4.31 Å². The first-order valence-electron chi connectivity index (χ1n) is 9.65. The van der Waals surface area contributed by atoms with Gasteiger partial charge < -0.3 is 0 Å². The second kappa shape index (κ2) is 8.41. The van der Waals surface area contributed by atoms with Crippen molar-refractivity contribution in [2.24, 2.45) is 0 Å². The first kappa shape index (κ1) is 21.5. The van der Waals surface area contributed by atoms with E-state index in [-0.39, 0.29) is 17.0 Å². The fraction of sp³-hybridized carbons (Fsp3) is 0.182. The van der Waals surface area contributed by atoms with Crippen LogP contribution in [0.25, 0.3) is 0 Å². The molecule has 162 valence electrons. The Bertz CT molecular complexity index is 1310. The molecule has 0 unspecified atom stereocenters. The highest BCUT2D eigenvalue weighted by atomic mass is 32.2. The summed E-state index contributed by atoms with van der Waals surface area (Å²) >= 11 is 0. The average Bonchev–Trinajstić information content (AvgIpc) is 2.75. The molecular weight excluding hydrogens is 439 g/mol. The Morgan fingerprint density at radius 2 is 1.58 bits per heavy atom. The second-order valence-corrected chi connectivity index (χ2v) is 11.0. The monoisotopic (exact) mass is 460 g/mol. The molecule has 3 aromatic carbocycles. The van der Waals surface area contributed by atoms with E-state index >= 15 is 0 Å². The molecule has 0 saturated heterocycles. The fourth-order valence-corrected chi connectivity index (χ4v) is 6.22. The Morgan fingerprint density at radius 3 is 2.32 bits per heavy atom. The van der Waals surface area contributed by atoms with Crippen molar-refractivity contribution in [1.29, 1.82) is 0 Å². The van der Waals surface area contributed by atoms with Gasteiger partial charge >= 0.3 is 0 Å². The van der Waals surface area contributed by atoms with E-state index in [0.717, 1.165) is 11.1 Å². The highest BCUT2D eigenvalue weighted by Crippen LogP contribution is 2.27. The van der Waals surface area contributed by atoms with Crippen LogP contribution in [0.5, 0.6) is 0 Å². The van der Waals surface area contributed by atoms with Gasteiger partial charge in [0.25, 0.3) is 0 Å². The Balaban J connectivity index is 1.54. The number of sulfonamides is 2. The van der Waals surface area contributed by atoms with Gasteiger partial charge in [0.15, 0.2) is 0 Å². The van der Waals surface area contributed by atoms with Crippen LogP contribution in [-0.4, -0.2) is 27.7 Å². The third-order valence-electron chi connectivity index (χ3n) is 5.14. The molecule has 31 heavy (non-hydrogen) atoms. The third-order valence-corrected chi connectivity index (χ3v) is 8.24. The Hall–Kier alpha value is -2.75. The summed E-state index contributed by atoms with van der Waals surface area (Å²) in [6.45, 7) is 0.498. The maximum atomic E-state index is 13.8. The van der Waals surface area contributed by atoms with Crippen molar-refractivity contribution in [3.8, 4) is 0 Å². The van der Waals surface area contributed by atoms with Gasteiger partial charge in [-0.3, -0.25) is 4.72 Å². The van der Waals surface area contributed by atoms with E-state index in [2.05, 4.69) is 4.72 Å². The van der Waals surface area contributed by atoms with Gasteiger partial charge in [0, 0.05) is 24.3 Å². The van der Waals surface area contributed by atoms with Crippen LogP contribution in [0.3, 0.4) is 0 Å². The van der Waals surface area contributed by atoms with Crippen LogP contribution in [0, 0.1) is 5.82 Å². The van der Waals surface area contributed by atoms with E-state index < -0.39 is 31.6 Å². The zero-order valence-electron chi connectivity index (χ0n) is 16.5. The van der Waals surface area contributed by atoms with Crippen LogP contribution in [-0.2, 0) is 38.8 Å². The van der Waals surface area contributed by atoms with Crippen molar-refractivity contribution in [1.82, 2.24) is 4.31 Å². The van der Waals surface area contributed by atoms with Crippen LogP contribution in [0.1, 0.15) is 16.7 Å². The lowest BCUT2D eigenvalue weighted by molar-refractivity contribution is 0.391. The summed E-state index contributed by atoms with van der Waals surface area (Å²) in [7, 11) is -7.49. The van der Waals surface area contributed by atoms with Crippen molar-refractivity contribution >= 4 is 25.7 Å². The van der Waals surface area contributed by atoms with Gasteiger partial charge in [0.1, 0.15) is 5.82 Å². The summed E-state index contributed by atoms with van der Waals surface area (Å²) < 4.78 is 68.6. The van der Waals surface area contributed by atoms with E-state index in [9.17, 15) is 21.2 Å². The van der Waals surface area contributed by atoms with Gasteiger partial charge in [-0.25, -0.2) is 21.2 Å². The highest BCUT2D eigenvalue weighted by molar-refractivity contribution is 7.91. The maximum absolute atomic E-state index is 13.8. The molecule has 1 aliphatic heterocycles. The zero-order valence-corrected chi connectivity index (χ0v) is 18.2. The molecule has 1 heterocycles. The largest absolute Gasteiger partial charge is 0.283 e. The molecule has 3 aromatic rings. The molecule has 6 nitrogen and oxygen atoms in total. The quantitative estimate of drug-likeness (QED) is 0.610. The molecule has 0 saturated carbocycles. The van der Waals surface area contributed by atoms with Gasteiger partial charge in [-0.05, 0) is 47.9 Å². The van der Waals surface area contributed by atoms with E-state index in [1.165, 1.54) is 22.5 Å². The molecule has 9 heteroatoms. The summed E-state index contributed by atoms with van der Waals surface area (Å²) in [5.41, 5.74) is 2.09. The second-order valence-electron chi connectivity index (χ2n) is 7.34. The molecule has 0 fully saturated rings. The molecule has 0 amide bonds. The number of nitrogens with one attached hydrogen (secondary N) is 1. The number of hydrogen-bond acceptors (Lipinski definition) is 4. The van der Waals surface area contributed by atoms with E-state index in [0.29, 0.717) is 18.7 Å². The molecule has 0 radical (unpaired) electrons. The highest BCUT2D eigenvalue weighted by Gasteiger charge is 2.28. The van der Waals surface area contributed by atoms with Crippen LogP contribution in [0.15, 0.2) is 77.7 Å². The van der Waals surface area contributed by atoms with E-state index in [4.69, 9.17) is 0 Å². The molecule has 0 aromatic heterocycles. The number of nitrogens with zero attached hydrogens (tertiary/aromatic N) is 1. The molecule has 0 atom stereocenters. The first-order chi connectivity index (χ1) is 14.7. The van der Waals surface area contributed by atoms with Crippen molar-refractivity contribution in [2.75, 3.05) is 11.3 Å². The summed E-state index contributed by atoms with van der Waals surface area (Å²) in [4.78, 5) is 0.222. The molecule has 1 aliphatic rings. The summed E-state index contributed by atoms with van der Waals surface area (Å²) in [5, 5.41) is 0. The maximum Gasteiger partial charge on any atom is 0.243 e. The minimum absolute atomic E-state index is 0.0769. The van der Waals surface area contributed by atoms with Crippen molar-refractivity contribution in [3.05, 3.63) is 95.3 Å². The van der Waals surface area contributed by atoms with Gasteiger partial charge in [-0.1, -0.05) is 42.5 Å². The summed E-state index contributed by atoms with van der Waals surface area (Å²) in [5.74, 6) is -1.08.